The Morgan fingerprint density at radius 2 is 1.71 bits per heavy atom. The van der Waals surface area contributed by atoms with Crippen LogP contribution in [0.1, 0.15) is 29.2 Å². The molecule has 1 unspecified atom stereocenters. The van der Waals surface area contributed by atoms with Gasteiger partial charge in [-0.15, -0.1) is 0 Å². The minimum atomic E-state index is -4.48. The fourth-order valence-corrected chi connectivity index (χ4v) is 2.53. The molecule has 112 valence electrons. The lowest BCUT2D eigenvalue weighted by Gasteiger charge is -2.18. The van der Waals surface area contributed by atoms with E-state index < -0.39 is 17.8 Å². The van der Waals surface area contributed by atoms with E-state index in [2.05, 4.69) is 15.9 Å². The first kappa shape index (κ1) is 16.0. The average molecular weight is 359 g/mol. The Bertz CT molecular complexity index is 596. The van der Waals surface area contributed by atoms with Crippen molar-refractivity contribution in [2.45, 2.75) is 25.1 Å². The van der Waals surface area contributed by atoms with Gasteiger partial charge in [0.2, 0.25) is 0 Å². The van der Waals surface area contributed by atoms with Crippen LogP contribution in [0, 0.1) is 0 Å². The van der Waals surface area contributed by atoms with Crippen molar-refractivity contribution in [1.29, 1.82) is 0 Å². The summed E-state index contributed by atoms with van der Waals surface area (Å²) in [5, 5.41) is 10.1. The zero-order valence-corrected chi connectivity index (χ0v) is 12.7. The van der Waals surface area contributed by atoms with Crippen LogP contribution < -0.4 is 0 Å². The lowest BCUT2D eigenvalue weighted by Crippen LogP contribution is -2.12. The molecule has 1 N–H and O–H groups in total. The van der Waals surface area contributed by atoms with Crippen LogP contribution in [0.4, 0.5) is 13.2 Å². The number of halogens is 4. The summed E-state index contributed by atoms with van der Waals surface area (Å²) < 4.78 is 39.4. The van der Waals surface area contributed by atoms with Gasteiger partial charge in [-0.25, -0.2) is 0 Å². The zero-order valence-electron chi connectivity index (χ0n) is 11.1. The maximum absolute atomic E-state index is 13.0. The average Bonchev–Trinajstić information content (AvgIpc) is 2.45. The molecule has 0 amide bonds. The van der Waals surface area contributed by atoms with E-state index in [0.29, 0.717) is 10.9 Å². The minimum Gasteiger partial charge on any atom is -0.388 e. The summed E-state index contributed by atoms with van der Waals surface area (Å²) in [4.78, 5) is 0. The summed E-state index contributed by atoms with van der Waals surface area (Å²) in [7, 11) is 0. The Kier molecular flexibility index (Phi) is 5.06. The van der Waals surface area contributed by atoms with Gasteiger partial charge in [-0.2, -0.15) is 13.2 Å². The molecule has 1 nitrogen and oxygen atoms in total. The number of aliphatic hydroxyl groups excluding tert-OH is 1. The molecule has 0 spiro atoms. The Morgan fingerprint density at radius 3 is 2.33 bits per heavy atom. The summed E-state index contributed by atoms with van der Waals surface area (Å²) >= 11 is 3.03. The maximum atomic E-state index is 13.0. The lowest BCUT2D eigenvalue weighted by molar-refractivity contribution is -0.139. The van der Waals surface area contributed by atoms with E-state index >= 15 is 0 Å². The molecule has 21 heavy (non-hydrogen) atoms. The van der Waals surface area contributed by atoms with Crippen molar-refractivity contribution in [3.05, 3.63) is 69.7 Å². The fraction of sp³-hybridized carbons (Fsp3) is 0.250. The molecular formula is C16H14BrF3O. The Labute approximate surface area is 129 Å². The van der Waals surface area contributed by atoms with Gasteiger partial charge in [0, 0.05) is 4.47 Å². The zero-order chi connectivity index (χ0) is 15.5. The van der Waals surface area contributed by atoms with Crippen molar-refractivity contribution in [2.24, 2.45) is 0 Å². The van der Waals surface area contributed by atoms with Crippen molar-refractivity contribution in [3.63, 3.8) is 0 Å². The van der Waals surface area contributed by atoms with Gasteiger partial charge < -0.3 is 5.11 Å². The van der Waals surface area contributed by atoms with Gasteiger partial charge >= 0.3 is 6.18 Å². The second-order valence-electron chi connectivity index (χ2n) is 4.77. The van der Waals surface area contributed by atoms with Gasteiger partial charge in [-0.05, 0) is 36.1 Å². The monoisotopic (exact) mass is 358 g/mol. The van der Waals surface area contributed by atoms with Crippen LogP contribution in [0.25, 0.3) is 0 Å². The third-order valence-electron chi connectivity index (χ3n) is 3.23. The van der Waals surface area contributed by atoms with E-state index in [1.165, 1.54) is 12.1 Å². The van der Waals surface area contributed by atoms with Crippen molar-refractivity contribution in [2.75, 3.05) is 0 Å². The smallest absolute Gasteiger partial charge is 0.388 e. The first-order chi connectivity index (χ1) is 9.88. The van der Waals surface area contributed by atoms with E-state index in [9.17, 15) is 18.3 Å². The highest BCUT2D eigenvalue weighted by molar-refractivity contribution is 9.10. The highest BCUT2D eigenvalue weighted by Gasteiger charge is 2.35. The number of hydrogen-bond donors (Lipinski definition) is 1. The molecule has 0 aliphatic heterocycles. The fourth-order valence-electron chi connectivity index (χ4n) is 2.17. The predicted molar refractivity (Wildman–Crippen MR) is 78.9 cm³/mol. The summed E-state index contributed by atoms with van der Waals surface area (Å²) in [6, 6.07) is 13.2. The summed E-state index contributed by atoms with van der Waals surface area (Å²) in [5.74, 6) is 0. The van der Waals surface area contributed by atoms with E-state index in [0.717, 1.165) is 11.6 Å². The molecule has 0 saturated carbocycles. The van der Waals surface area contributed by atoms with E-state index in [1.807, 2.05) is 30.3 Å². The van der Waals surface area contributed by atoms with Gasteiger partial charge in [0.15, 0.2) is 0 Å². The standard InChI is InChI=1S/C16H14BrF3O/c17-12-7-8-13(14(10-12)16(18,19)20)15(21)9-6-11-4-2-1-3-5-11/h1-5,7-8,10,15,21H,6,9H2. The molecule has 5 heteroatoms. The molecule has 2 rings (SSSR count). The molecule has 2 aromatic rings. The number of aryl methyl sites for hydroxylation is 1. The van der Waals surface area contributed by atoms with Gasteiger partial charge in [-0.1, -0.05) is 52.3 Å². The van der Waals surface area contributed by atoms with Crippen LogP contribution in [-0.2, 0) is 12.6 Å². The number of hydrogen-bond acceptors (Lipinski definition) is 1. The summed E-state index contributed by atoms with van der Waals surface area (Å²) in [5.41, 5.74) is 0.112. The van der Waals surface area contributed by atoms with Crippen LogP contribution in [0.2, 0.25) is 0 Å². The van der Waals surface area contributed by atoms with E-state index in [-0.39, 0.29) is 12.0 Å². The Balaban J connectivity index is 2.17. The normalized spacial score (nSPS) is 13.2. The number of rotatable bonds is 4. The molecule has 0 bridgehead atoms. The van der Waals surface area contributed by atoms with Gasteiger partial charge in [0.05, 0.1) is 11.7 Å². The topological polar surface area (TPSA) is 20.2 Å². The first-order valence-electron chi connectivity index (χ1n) is 6.46. The highest BCUT2D eigenvalue weighted by Crippen LogP contribution is 2.37. The van der Waals surface area contributed by atoms with E-state index in [1.54, 1.807) is 0 Å². The van der Waals surface area contributed by atoms with E-state index in [4.69, 9.17) is 0 Å². The van der Waals surface area contributed by atoms with Gasteiger partial charge in [0.1, 0.15) is 0 Å². The van der Waals surface area contributed by atoms with Crippen molar-refractivity contribution >= 4 is 15.9 Å². The molecule has 0 aliphatic rings. The number of alkyl halides is 3. The van der Waals surface area contributed by atoms with Crippen molar-refractivity contribution in [1.82, 2.24) is 0 Å². The third-order valence-corrected chi connectivity index (χ3v) is 3.72. The van der Waals surface area contributed by atoms with Crippen LogP contribution in [-0.4, -0.2) is 5.11 Å². The number of benzene rings is 2. The van der Waals surface area contributed by atoms with Crippen molar-refractivity contribution < 1.29 is 18.3 Å². The van der Waals surface area contributed by atoms with Crippen LogP contribution in [0.15, 0.2) is 53.0 Å². The van der Waals surface area contributed by atoms with Gasteiger partial charge in [-0.3, -0.25) is 0 Å². The number of aliphatic hydroxyl groups is 1. The molecule has 0 aromatic heterocycles. The second-order valence-corrected chi connectivity index (χ2v) is 5.69. The molecule has 0 heterocycles. The molecule has 0 aliphatic carbocycles. The first-order valence-corrected chi connectivity index (χ1v) is 7.26. The lowest BCUT2D eigenvalue weighted by atomic mass is 9.97. The van der Waals surface area contributed by atoms with Crippen LogP contribution >= 0.6 is 15.9 Å². The Hall–Kier alpha value is -1.33. The predicted octanol–water partition coefficient (Wildman–Crippen LogP) is 5.13. The molecule has 0 radical (unpaired) electrons. The second kappa shape index (κ2) is 6.62. The molecule has 0 saturated heterocycles. The van der Waals surface area contributed by atoms with Gasteiger partial charge in [0.25, 0.3) is 0 Å². The highest BCUT2D eigenvalue weighted by atomic mass is 79.9. The summed E-state index contributed by atoms with van der Waals surface area (Å²) in [6.07, 6.45) is -4.85. The largest absolute Gasteiger partial charge is 0.416 e. The SMILES string of the molecule is OC(CCc1ccccc1)c1ccc(Br)cc1C(F)(F)F. The molecule has 1 atom stereocenters. The molecule has 0 fully saturated rings. The van der Waals surface area contributed by atoms with Crippen molar-refractivity contribution in [3.8, 4) is 0 Å². The minimum absolute atomic E-state index is 0.0818. The van der Waals surface area contributed by atoms with Crippen LogP contribution in [0.3, 0.4) is 0 Å². The third kappa shape index (κ3) is 4.32. The van der Waals surface area contributed by atoms with Crippen LogP contribution in [0.5, 0.6) is 0 Å². The molecule has 2 aromatic carbocycles. The maximum Gasteiger partial charge on any atom is 0.416 e. The molecular weight excluding hydrogens is 345 g/mol. The quantitative estimate of drug-likeness (QED) is 0.802. The Morgan fingerprint density at radius 1 is 1.05 bits per heavy atom. The summed E-state index contributed by atoms with van der Waals surface area (Å²) in [6.45, 7) is 0.